The van der Waals surface area contributed by atoms with E-state index in [9.17, 15) is 4.79 Å². The van der Waals surface area contributed by atoms with Crippen LogP contribution in [-0.4, -0.2) is 20.0 Å². The average Bonchev–Trinajstić information content (AvgIpc) is 2.35. The predicted molar refractivity (Wildman–Crippen MR) is 63.4 cm³/mol. The van der Waals surface area contributed by atoms with Crippen molar-refractivity contribution in [3.63, 3.8) is 0 Å². The van der Waals surface area contributed by atoms with Gasteiger partial charge >= 0.3 is 0 Å². The lowest BCUT2D eigenvalue weighted by Gasteiger charge is -2.07. The summed E-state index contributed by atoms with van der Waals surface area (Å²) in [6, 6.07) is 5.26. The lowest BCUT2D eigenvalue weighted by Crippen LogP contribution is -2.00. The van der Waals surface area contributed by atoms with Crippen molar-refractivity contribution >= 4 is 5.78 Å². The average molecular weight is 222 g/mol. The van der Waals surface area contributed by atoms with Gasteiger partial charge in [0.15, 0.2) is 5.78 Å². The van der Waals surface area contributed by atoms with Crippen LogP contribution in [0, 0.1) is 0 Å². The van der Waals surface area contributed by atoms with Crippen molar-refractivity contribution in [1.82, 2.24) is 0 Å². The van der Waals surface area contributed by atoms with Crippen LogP contribution in [0.2, 0.25) is 0 Å². The molecule has 3 nitrogen and oxygen atoms in total. The van der Waals surface area contributed by atoms with Gasteiger partial charge in [-0.05, 0) is 18.6 Å². The molecule has 0 aliphatic rings. The highest BCUT2D eigenvalue weighted by atomic mass is 16.5. The highest BCUT2D eigenvalue weighted by molar-refractivity contribution is 5.96. The molecule has 0 saturated heterocycles. The van der Waals surface area contributed by atoms with Crippen LogP contribution in [0.4, 0.5) is 0 Å². The molecule has 0 radical (unpaired) electrons. The van der Waals surface area contributed by atoms with Gasteiger partial charge in [0.05, 0.1) is 14.2 Å². The van der Waals surface area contributed by atoms with Crippen molar-refractivity contribution in [2.24, 2.45) is 0 Å². The van der Waals surface area contributed by atoms with Crippen LogP contribution in [0.5, 0.6) is 11.5 Å². The number of carbonyl (C=O) groups is 1. The molecule has 0 fully saturated rings. The first-order valence-electron chi connectivity index (χ1n) is 5.47. The quantitative estimate of drug-likeness (QED) is 0.694. The standard InChI is InChI=1S/C13H18O3/c1-4-5-6-13(14)10-7-11(15-2)9-12(8-10)16-3/h7-9H,4-6H2,1-3H3. The minimum atomic E-state index is 0.138. The molecule has 0 N–H and O–H groups in total. The molecule has 1 aromatic rings. The van der Waals surface area contributed by atoms with Crippen LogP contribution in [0.3, 0.4) is 0 Å². The number of hydrogen-bond donors (Lipinski definition) is 0. The maximum absolute atomic E-state index is 11.8. The van der Waals surface area contributed by atoms with Crippen LogP contribution in [0.25, 0.3) is 0 Å². The predicted octanol–water partition coefficient (Wildman–Crippen LogP) is 3.08. The van der Waals surface area contributed by atoms with Gasteiger partial charge in [-0.15, -0.1) is 0 Å². The molecule has 0 heterocycles. The molecule has 16 heavy (non-hydrogen) atoms. The van der Waals surface area contributed by atoms with Crippen LogP contribution in [0.15, 0.2) is 18.2 Å². The molecule has 0 bridgehead atoms. The second-order valence-electron chi connectivity index (χ2n) is 3.63. The zero-order valence-corrected chi connectivity index (χ0v) is 10.1. The van der Waals surface area contributed by atoms with Crippen LogP contribution < -0.4 is 9.47 Å². The summed E-state index contributed by atoms with van der Waals surface area (Å²) in [7, 11) is 3.16. The zero-order valence-electron chi connectivity index (χ0n) is 10.1. The third-order valence-corrected chi connectivity index (χ3v) is 2.43. The Morgan fingerprint density at radius 2 is 1.69 bits per heavy atom. The number of ether oxygens (including phenoxy) is 2. The van der Waals surface area contributed by atoms with Gasteiger partial charge in [-0.2, -0.15) is 0 Å². The van der Waals surface area contributed by atoms with Crippen molar-refractivity contribution in [1.29, 1.82) is 0 Å². The van der Waals surface area contributed by atoms with E-state index in [1.54, 1.807) is 32.4 Å². The first-order valence-corrected chi connectivity index (χ1v) is 5.47. The van der Waals surface area contributed by atoms with Gasteiger partial charge in [0.25, 0.3) is 0 Å². The van der Waals surface area contributed by atoms with Gasteiger partial charge in [0.2, 0.25) is 0 Å². The first-order chi connectivity index (χ1) is 7.71. The van der Waals surface area contributed by atoms with Crippen LogP contribution >= 0.6 is 0 Å². The minimum Gasteiger partial charge on any atom is -0.497 e. The summed E-state index contributed by atoms with van der Waals surface area (Å²) in [5, 5.41) is 0. The number of benzene rings is 1. The fourth-order valence-electron chi connectivity index (χ4n) is 1.45. The van der Waals surface area contributed by atoms with Crippen molar-refractivity contribution in [3.8, 4) is 11.5 Å². The molecule has 0 aliphatic heterocycles. The molecular formula is C13H18O3. The van der Waals surface area contributed by atoms with Crippen molar-refractivity contribution in [3.05, 3.63) is 23.8 Å². The van der Waals surface area contributed by atoms with E-state index < -0.39 is 0 Å². The van der Waals surface area contributed by atoms with Crippen molar-refractivity contribution in [2.45, 2.75) is 26.2 Å². The largest absolute Gasteiger partial charge is 0.497 e. The third-order valence-electron chi connectivity index (χ3n) is 2.43. The third kappa shape index (κ3) is 3.26. The van der Waals surface area contributed by atoms with Gasteiger partial charge < -0.3 is 9.47 Å². The Hall–Kier alpha value is -1.51. The Bertz CT molecular complexity index is 336. The van der Waals surface area contributed by atoms with E-state index in [1.165, 1.54) is 0 Å². The van der Waals surface area contributed by atoms with E-state index >= 15 is 0 Å². The molecule has 0 amide bonds. The molecule has 88 valence electrons. The highest BCUT2D eigenvalue weighted by Gasteiger charge is 2.09. The maximum atomic E-state index is 11.8. The summed E-state index contributed by atoms with van der Waals surface area (Å²) in [5.74, 6) is 1.44. The number of rotatable bonds is 6. The lowest BCUT2D eigenvalue weighted by molar-refractivity contribution is 0.0979. The van der Waals surface area contributed by atoms with Crippen LogP contribution in [0.1, 0.15) is 36.5 Å². The zero-order chi connectivity index (χ0) is 12.0. The summed E-state index contributed by atoms with van der Waals surface area (Å²) < 4.78 is 10.2. The number of methoxy groups -OCH3 is 2. The summed E-state index contributed by atoms with van der Waals surface area (Å²) in [5.41, 5.74) is 0.657. The number of ketones is 1. The molecule has 0 aliphatic carbocycles. The second kappa shape index (κ2) is 6.16. The van der Waals surface area contributed by atoms with Gasteiger partial charge in [0, 0.05) is 18.1 Å². The number of carbonyl (C=O) groups excluding carboxylic acids is 1. The van der Waals surface area contributed by atoms with Gasteiger partial charge in [-0.3, -0.25) is 4.79 Å². The fraction of sp³-hybridized carbons (Fsp3) is 0.462. The molecule has 0 atom stereocenters. The van der Waals surface area contributed by atoms with E-state index in [2.05, 4.69) is 6.92 Å². The normalized spacial score (nSPS) is 9.94. The van der Waals surface area contributed by atoms with Gasteiger partial charge in [0.1, 0.15) is 11.5 Å². The highest BCUT2D eigenvalue weighted by Crippen LogP contribution is 2.23. The SMILES string of the molecule is CCCCC(=O)c1cc(OC)cc(OC)c1. The Morgan fingerprint density at radius 3 is 2.12 bits per heavy atom. The Labute approximate surface area is 96.4 Å². The fourth-order valence-corrected chi connectivity index (χ4v) is 1.45. The maximum Gasteiger partial charge on any atom is 0.163 e. The number of hydrogen-bond acceptors (Lipinski definition) is 3. The molecule has 3 heteroatoms. The number of Topliss-reactive ketones (excluding diaryl/α,β-unsaturated/α-hetero) is 1. The monoisotopic (exact) mass is 222 g/mol. The second-order valence-corrected chi connectivity index (χ2v) is 3.63. The summed E-state index contributed by atoms with van der Waals surface area (Å²) >= 11 is 0. The van der Waals surface area contributed by atoms with E-state index in [1.807, 2.05) is 0 Å². The molecule has 0 aromatic heterocycles. The molecular weight excluding hydrogens is 204 g/mol. The lowest BCUT2D eigenvalue weighted by atomic mass is 10.1. The molecule has 0 saturated carbocycles. The van der Waals surface area contributed by atoms with Crippen molar-refractivity contribution < 1.29 is 14.3 Å². The van der Waals surface area contributed by atoms with E-state index in [-0.39, 0.29) is 5.78 Å². The molecule has 1 rings (SSSR count). The summed E-state index contributed by atoms with van der Waals surface area (Å²) in [6.07, 6.45) is 2.51. The minimum absolute atomic E-state index is 0.138. The Balaban J connectivity index is 2.89. The van der Waals surface area contributed by atoms with Crippen molar-refractivity contribution in [2.75, 3.05) is 14.2 Å². The summed E-state index contributed by atoms with van der Waals surface area (Å²) in [6.45, 7) is 2.07. The van der Waals surface area contributed by atoms with Gasteiger partial charge in [-0.1, -0.05) is 13.3 Å². The molecule has 1 aromatic carbocycles. The topological polar surface area (TPSA) is 35.5 Å². The Morgan fingerprint density at radius 1 is 1.12 bits per heavy atom. The van der Waals surface area contributed by atoms with E-state index in [4.69, 9.17) is 9.47 Å². The van der Waals surface area contributed by atoms with Crippen LogP contribution in [-0.2, 0) is 0 Å². The van der Waals surface area contributed by atoms with Gasteiger partial charge in [-0.25, -0.2) is 0 Å². The van der Waals surface area contributed by atoms with E-state index in [0.29, 0.717) is 23.5 Å². The Kier molecular flexibility index (Phi) is 4.83. The van der Waals surface area contributed by atoms with E-state index in [0.717, 1.165) is 12.8 Å². The first kappa shape index (κ1) is 12.6. The summed E-state index contributed by atoms with van der Waals surface area (Å²) in [4.78, 5) is 11.8. The number of unbranched alkanes of at least 4 members (excludes halogenated alkanes) is 1. The molecule has 0 spiro atoms. The smallest absolute Gasteiger partial charge is 0.163 e. The molecule has 0 unspecified atom stereocenters.